The van der Waals surface area contributed by atoms with Crippen molar-refractivity contribution in [2.45, 2.75) is 42.7 Å². The molecule has 2 aliphatic rings. The van der Waals surface area contributed by atoms with Crippen LogP contribution in [0, 0.1) is 0 Å². The standard InChI is InChI=1S/C14H22N4O2S/c15-16-11-3-5-14(6-4-11)21(19,20)17-12-7-9-18-8-1-2-13(18)10-12/h3-6,12-13,16-17H,1-2,7-10,15H2. The van der Waals surface area contributed by atoms with E-state index in [4.69, 9.17) is 5.84 Å². The second-order valence-corrected chi connectivity index (χ2v) is 7.56. The Morgan fingerprint density at radius 2 is 1.90 bits per heavy atom. The van der Waals surface area contributed by atoms with Gasteiger partial charge in [0.2, 0.25) is 10.0 Å². The van der Waals surface area contributed by atoms with E-state index in [1.54, 1.807) is 24.3 Å². The van der Waals surface area contributed by atoms with Gasteiger partial charge in [0, 0.05) is 17.8 Å². The largest absolute Gasteiger partial charge is 0.324 e. The predicted molar refractivity (Wildman–Crippen MR) is 82.2 cm³/mol. The van der Waals surface area contributed by atoms with E-state index in [0.717, 1.165) is 25.9 Å². The van der Waals surface area contributed by atoms with Crippen molar-refractivity contribution < 1.29 is 8.42 Å². The molecular weight excluding hydrogens is 288 g/mol. The third kappa shape index (κ3) is 3.21. The molecule has 2 fully saturated rings. The molecule has 0 saturated carbocycles. The fourth-order valence-corrected chi connectivity index (χ4v) is 4.63. The molecular formula is C14H22N4O2S. The topological polar surface area (TPSA) is 87.5 Å². The fourth-order valence-electron chi connectivity index (χ4n) is 3.35. The molecule has 0 spiro atoms. The van der Waals surface area contributed by atoms with Crippen molar-refractivity contribution in [3.63, 3.8) is 0 Å². The molecule has 0 aliphatic carbocycles. The van der Waals surface area contributed by atoms with Gasteiger partial charge in [-0.2, -0.15) is 0 Å². The monoisotopic (exact) mass is 310 g/mol. The first kappa shape index (κ1) is 14.8. The van der Waals surface area contributed by atoms with Gasteiger partial charge >= 0.3 is 0 Å². The first-order valence-electron chi connectivity index (χ1n) is 7.41. The lowest BCUT2D eigenvalue weighted by molar-refractivity contribution is 0.176. The van der Waals surface area contributed by atoms with Gasteiger partial charge in [-0.25, -0.2) is 13.1 Å². The maximum Gasteiger partial charge on any atom is 0.240 e. The number of nitrogens with two attached hydrogens (primary N) is 1. The van der Waals surface area contributed by atoms with Crippen LogP contribution < -0.4 is 16.0 Å². The second kappa shape index (κ2) is 5.92. The van der Waals surface area contributed by atoms with E-state index in [0.29, 0.717) is 11.7 Å². The maximum atomic E-state index is 12.4. The van der Waals surface area contributed by atoms with Crippen LogP contribution in [0.2, 0.25) is 0 Å². The Morgan fingerprint density at radius 1 is 1.14 bits per heavy atom. The fraction of sp³-hybridized carbons (Fsp3) is 0.571. The molecule has 2 saturated heterocycles. The highest BCUT2D eigenvalue weighted by atomic mass is 32.2. The van der Waals surface area contributed by atoms with E-state index in [-0.39, 0.29) is 10.9 Å². The zero-order chi connectivity index (χ0) is 14.9. The highest BCUT2D eigenvalue weighted by molar-refractivity contribution is 7.89. The van der Waals surface area contributed by atoms with Gasteiger partial charge in [-0.3, -0.25) is 5.84 Å². The number of nitrogens with one attached hydrogen (secondary N) is 2. The van der Waals surface area contributed by atoms with Crippen LogP contribution in [0.3, 0.4) is 0 Å². The molecule has 1 aromatic rings. The summed E-state index contributed by atoms with van der Waals surface area (Å²) >= 11 is 0. The number of piperidine rings is 1. The Balaban J connectivity index is 1.67. The van der Waals surface area contributed by atoms with Crippen molar-refractivity contribution in [3.05, 3.63) is 24.3 Å². The summed E-state index contributed by atoms with van der Waals surface area (Å²) in [4.78, 5) is 2.77. The average molecular weight is 310 g/mol. The SMILES string of the molecule is NNc1ccc(S(=O)(=O)NC2CCN3CCCC3C2)cc1. The van der Waals surface area contributed by atoms with E-state index in [2.05, 4.69) is 15.0 Å². The van der Waals surface area contributed by atoms with Gasteiger partial charge in [-0.15, -0.1) is 0 Å². The Morgan fingerprint density at radius 3 is 2.62 bits per heavy atom. The summed E-state index contributed by atoms with van der Waals surface area (Å²) in [5.74, 6) is 5.29. The van der Waals surface area contributed by atoms with Crippen LogP contribution >= 0.6 is 0 Å². The normalized spacial score (nSPS) is 26.5. The minimum atomic E-state index is -3.45. The Kier molecular flexibility index (Phi) is 4.17. The molecule has 7 heteroatoms. The summed E-state index contributed by atoms with van der Waals surface area (Å²) in [5, 5.41) is 0. The lowest BCUT2D eigenvalue weighted by Crippen LogP contribution is -2.47. The summed E-state index contributed by atoms with van der Waals surface area (Å²) in [6.45, 7) is 2.16. The summed E-state index contributed by atoms with van der Waals surface area (Å²) in [6.07, 6.45) is 4.23. The summed E-state index contributed by atoms with van der Waals surface area (Å²) in [7, 11) is -3.45. The van der Waals surface area contributed by atoms with E-state index >= 15 is 0 Å². The summed E-state index contributed by atoms with van der Waals surface area (Å²) < 4.78 is 27.7. The van der Waals surface area contributed by atoms with Crippen LogP contribution in [0.1, 0.15) is 25.7 Å². The molecule has 2 atom stereocenters. The number of nitrogens with zero attached hydrogens (tertiary/aromatic N) is 1. The van der Waals surface area contributed by atoms with Crippen LogP contribution in [0.15, 0.2) is 29.2 Å². The quantitative estimate of drug-likeness (QED) is 0.567. The van der Waals surface area contributed by atoms with Crippen LogP contribution in [0.4, 0.5) is 5.69 Å². The first-order chi connectivity index (χ1) is 10.1. The Hall–Kier alpha value is -1.15. The minimum absolute atomic E-state index is 0.0432. The number of nitrogen functional groups attached to an aromatic ring is 1. The number of sulfonamides is 1. The van der Waals surface area contributed by atoms with Gasteiger partial charge in [0.1, 0.15) is 0 Å². The Labute approximate surface area is 125 Å². The molecule has 3 rings (SSSR count). The van der Waals surface area contributed by atoms with Crippen molar-refractivity contribution >= 4 is 15.7 Å². The molecule has 0 radical (unpaired) electrons. The molecule has 0 bridgehead atoms. The van der Waals surface area contributed by atoms with Gasteiger partial charge in [0.15, 0.2) is 0 Å². The van der Waals surface area contributed by atoms with Crippen LogP contribution in [0.5, 0.6) is 0 Å². The van der Waals surface area contributed by atoms with Crippen LogP contribution in [0.25, 0.3) is 0 Å². The van der Waals surface area contributed by atoms with Crippen molar-refractivity contribution in [2.24, 2.45) is 5.84 Å². The highest BCUT2D eigenvalue weighted by Gasteiger charge is 2.33. The van der Waals surface area contributed by atoms with Crippen molar-refractivity contribution in [1.82, 2.24) is 9.62 Å². The second-order valence-electron chi connectivity index (χ2n) is 5.84. The number of fused-ring (bicyclic) bond motifs is 1. The predicted octanol–water partition coefficient (Wildman–Crippen LogP) is 0.877. The molecule has 1 aromatic carbocycles. The molecule has 6 nitrogen and oxygen atoms in total. The van der Waals surface area contributed by atoms with E-state index in [9.17, 15) is 8.42 Å². The average Bonchev–Trinajstić information content (AvgIpc) is 2.94. The lowest BCUT2D eigenvalue weighted by atomic mass is 9.99. The van der Waals surface area contributed by atoms with E-state index < -0.39 is 10.0 Å². The molecule has 2 heterocycles. The molecule has 2 unspecified atom stereocenters. The molecule has 2 aliphatic heterocycles. The highest BCUT2D eigenvalue weighted by Crippen LogP contribution is 2.27. The molecule has 4 N–H and O–H groups in total. The molecule has 116 valence electrons. The molecule has 0 aromatic heterocycles. The van der Waals surface area contributed by atoms with E-state index in [1.165, 1.54) is 12.8 Å². The zero-order valence-electron chi connectivity index (χ0n) is 12.0. The van der Waals surface area contributed by atoms with E-state index in [1.807, 2.05) is 0 Å². The zero-order valence-corrected chi connectivity index (χ0v) is 12.8. The van der Waals surface area contributed by atoms with Gasteiger partial charge in [-0.1, -0.05) is 0 Å². The van der Waals surface area contributed by atoms with Gasteiger partial charge in [-0.05, 0) is 63.0 Å². The third-order valence-electron chi connectivity index (χ3n) is 4.47. The van der Waals surface area contributed by atoms with Crippen molar-refractivity contribution in [1.29, 1.82) is 0 Å². The molecule has 21 heavy (non-hydrogen) atoms. The van der Waals surface area contributed by atoms with Crippen LogP contribution in [-0.4, -0.2) is 38.5 Å². The number of hydrogen-bond donors (Lipinski definition) is 3. The first-order valence-corrected chi connectivity index (χ1v) is 8.90. The number of hydrogen-bond acceptors (Lipinski definition) is 5. The third-order valence-corrected chi connectivity index (χ3v) is 6.01. The van der Waals surface area contributed by atoms with Gasteiger partial charge in [0.25, 0.3) is 0 Å². The Bertz CT molecular complexity index is 587. The molecule has 0 amide bonds. The number of anilines is 1. The number of hydrazine groups is 1. The summed E-state index contributed by atoms with van der Waals surface area (Å²) in [6, 6.07) is 7.06. The number of rotatable bonds is 4. The minimum Gasteiger partial charge on any atom is -0.324 e. The van der Waals surface area contributed by atoms with Gasteiger partial charge < -0.3 is 10.3 Å². The number of benzene rings is 1. The summed E-state index contributed by atoms with van der Waals surface area (Å²) in [5.41, 5.74) is 3.18. The van der Waals surface area contributed by atoms with Crippen molar-refractivity contribution in [2.75, 3.05) is 18.5 Å². The van der Waals surface area contributed by atoms with Crippen LogP contribution in [-0.2, 0) is 10.0 Å². The van der Waals surface area contributed by atoms with Crippen molar-refractivity contribution in [3.8, 4) is 0 Å². The van der Waals surface area contributed by atoms with Gasteiger partial charge in [0.05, 0.1) is 4.90 Å². The maximum absolute atomic E-state index is 12.4. The smallest absolute Gasteiger partial charge is 0.240 e. The lowest BCUT2D eigenvalue weighted by Gasteiger charge is -2.34.